The van der Waals surface area contributed by atoms with Crippen molar-refractivity contribution in [2.24, 2.45) is 5.41 Å². The number of thiophene rings is 1. The first-order chi connectivity index (χ1) is 18.1. The number of Topliss-reactive ketones (excluding diaryl/α,β-unsaturated/α-hetero) is 1. The number of benzene rings is 1. The lowest BCUT2D eigenvalue weighted by Crippen LogP contribution is -2.42. The summed E-state index contributed by atoms with van der Waals surface area (Å²) in [7, 11) is 3.09. The third-order valence-electron chi connectivity index (χ3n) is 6.55. The van der Waals surface area contributed by atoms with E-state index >= 15 is 0 Å². The number of ketones is 1. The van der Waals surface area contributed by atoms with Crippen LogP contribution in [0.1, 0.15) is 58.3 Å². The molecule has 198 valence electrons. The summed E-state index contributed by atoms with van der Waals surface area (Å²) in [5, 5.41) is 9.60. The van der Waals surface area contributed by atoms with Crippen molar-refractivity contribution in [2.45, 2.75) is 32.7 Å². The molecule has 0 fully saturated rings. The van der Waals surface area contributed by atoms with Crippen LogP contribution in [0, 0.1) is 5.41 Å². The number of ether oxygens (including phenoxy) is 2. The third-order valence-corrected chi connectivity index (χ3v) is 8.01. The zero-order valence-corrected chi connectivity index (χ0v) is 23.6. The lowest BCUT2D eigenvalue weighted by molar-refractivity contribution is -0.118. The Balaban J connectivity index is 1.56. The van der Waals surface area contributed by atoms with Crippen molar-refractivity contribution >= 4 is 50.7 Å². The number of hydrogen-bond donors (Lipinski definition) is 3. The molecule has 2 aliphatic rings. The molecule has 1 unspecified atom stereocenters. The van der Waals surface area contributed by atoms with Crippen LogP contribution in [-0.4, -0.2) is 41.6 Å². The third kappa shape index (κ3) is 4.58. The van der Waals surface area contributed by atoms with Crippen LogP contribution >= 0.6 is 27.3 Å². The molecule has 0 spiro atoms. The number of aromatic nitrogens is 2. The van der Waals surface area contributed by atoms with Gasteiger partial charge in [0.2, 0.25) is 0 Å². The van der Waals surface area contributed by atoms with Gasteiger partial charge in [0.05, 0.1) is 29.8 Å². The maximum atomic E-state index is 13.5. The maximum Gasteiger partial charge on any atom is 0.279 e. The number of allylic oxidation sites excluding steroid dienone is 2. The molecule has 3 heterocycles. The number of methoxy groups -OCH3 is 2. The van der Waals surface area contributed by atoms with E-state index in [9.17, 15) is 14.4 Å². The van der Waals surface area contributed by atoms with E-state index in [4.69, 9.17) is 9.47 Å². The van der Waals surface area contributed by atoms with Crippen molar-refractivity contribution in [3.05, 3.63) is 67.6 Å². The highest BCUT2D eigenvalue weighted by Crippen LogP contribution is 2.48. The molecule has 2 aromatic heterocycles. The maximum absolute atomic E-state index is 13.5. The van der Waals surface area contributed by atoms with E-state index in [-0.39, 0.29) is 16.8 Å². The predicted molar refractivity (Wildman–Crippen MR) is 146 cm³/mol. The zero-order chi connectivity index (χ0) is 27.2. The van der Waals surface area contributed by atoms with Gasteiger partial charge in [-0.1, -0.05) is 19.9 Å². The summed E-state index contributed by atoms with van der Waals surface area (Å²) in [5.41, 5.74) is 6.94. The topological polar surface area (TPSA) is 124 Å². The van der Waals surface area contributed by atoms with Crippen LogP contribution in [0.3, 0.4) is 0 Å². The Hall–Kier alpha value is -3.64. The van der Waals surface area contributed by atoms with Gasteiger partial charge in [0.1, 0.15) is 17.4 Å². The molecule has 0 saturated heterocycles. The number of nitrogens with zero attached hydrogens (tertiary/aromatic N) is 2. The quantitative estimate of drug-likeness (QED) is 0.370. The lowest BCUT2D eigenvalue weighted by Gasteiger charge is -2.39. The molecule has 1 aliphatic heterocycles. The monoisotopic (exact) mass is 599 g/mol. The van der Waals surface area contributed by atoms with E-state index in [1.165, 1.54) is 17.5 Å². The number of carbonyl (C=O) groups is 3. The molecule has 5 rings (SSSR count). The van der Waals surface area contributed by atoms with Gasteiger partial charge in [-0.3, -0.25) is 25.2 Å². The highest BCUT2D eigenvalue weighted by molar-refractivity contribution is 9.10. The van der Waals surface area contributed by atoms with Gasteiger partial charge in [-0.15, -0.1) is 11.3 Å². The average Bonchev–Trinajstić information content (AvgIpc) is 3.55. The van der Waals surface area contributed by atoms with Crippen molar-refractivity contribution < 1.29 is 23.9 Å². The fraction of sp³-hybridized carbons (Fsp3) is 0.308. The van der Waals surface area contributed by atoms with Crippen molar-refractivity contribution in [1.82, 2.24) is 20.6 Å². The highest BCUT2D eigenvalue weighted by atomic mass is 79.9. The van der Waals surface area contributed by atoms with Gasteiger partial charge in [0.15, 0.2) is 17.3 Å². The summed E-state index contributed by atoms with van der Waals surface area (Å²) < 4.78 is 13.3. The van der Waals surface area contributed by atoms with Crippen LogP contribution < -0.4 is 25.6 Å². The number of hydrazine groups is 1. The number of amides is 2. The molecule has 0 saturated carbocycles. The van der Waals surface area contributed by atoms with Gasteiger partial charge in [0.25, 0.3) is 11.8 Å². The summed E-state index contributed by atoms with van der Waals surface area (Å²) in [5.74, 6) is 0.492. The standard InChI is InChI=1S/C26H26BrN5O5S/c1-26(2)10-16-20(17(33)11-26)21(13-8-15(27)22(37-4)18(9-13)36-3)32-23(29-16)14(12-28-32)24(34)30-31-25(35)19-6-5-7-38-19/h5-9,12,21,29H,10-11H2,1-4H3,(H,30,34)(H,31,35). The summed E-state index contributed by atoms with van der Waals surface area (Å²) in [6, 6.07) is 6.48. The van der Waals surface area contributed by atoms with Crippen LogP contribution in [0.4, 0.5) is 5.82 Å². The number of nitrogens with one attached hydrogen (secondary N) is 3. The summed E-state index contributed by atoms with van der Waals surface area (Å²) in [6.45, 7) is 4.08. The van der Waals surface area contributed by atoms with E-state index in [1.54, 1.807) is 36.4 Å². The van der Waals surface area contributed by atoms with Crippen LogP contribution in [-0.2, 0) is 4.79 Å². The van der Waals surface area contributed by atoms with E-state index in [2.05, 4.69) is 37.2 Å². The predicted octanol–water partition coefficient (Wildman–Crippen LogP) is 4.46. The number of halogens is 1. The molecule has 1 atom stereocenters. The molecule has 3 N–H and O–H groups in total. The Kier molecular flexibility index (Phi) is 6.78. The molecule has 12 heteroatoms. The van der Waals surface area contributed by atoms with E-state index in [1.807, 2.05) is 26.0 Å². The molecule has 3 aromatic rings. The van der Waals surface area contributed by atoms with Crippen LogP contribution in [0.25, 0.3) is 0 Å². The van der Waals surface area contributed by atoms with Crippen LogP contribution in [0.5, 0.6) is 11.5 Å². The normalized spacial score (nSPS) is 17.7. The Labute approximate surface area is 231 Å². The van der Waals surface area contributed by atoms with Crippen molar-refractivity contribution in [1.29, 1.82) is 0 Å². The summed E-state index contributed by atoms with van der Waals surface area (Å²) in [4.78, 5) is 39.4. The molecule has 1 aromatic carbocycles. The van der Waals surface area contributed by atoms with Crippen LogP contribution in [0.2, 0.25) is 0 Å². The highest BCUT2D eigenvalue weighted by Gasteiger charge is 2.42. The molecule has 1 aliphatic carbocycles. The number of rotatable bonds is 5. The molecule has 38 heavy (non-hydrogen) atoms. The summed E-state index contributed by atoms with van der Waals surface area (Å²) >= 11 is 4.82. The molecule has 10 nitrogen and oxygen atoms in total. The van der Waals surface area contributed by atoms with E-state index < -0.39 is 17.9 Å². The van der Waals surface area contributed by atoms with Gasteiger partial charge >= 0.3 is 0 Å². The molecule has 2 amide bonds. The number of carbonyl (C=O) groups excluding carboxylic acids is 3. The second kappa shape index (κ2) is 9.91. The minimum atomic E-state index is -0.608. The zero-order valence-electron chi connectivity index (χ0n) is 21.2. The number of hydrogen-bond acceptors (Lipinski definition) is 8. The van der Waals surface area contributed by atoms with Gasteiger partial charge < -0.3 is 14.8 Å². The Bertz CT molecular complexity index is 1480. The van der Waals surface area contributed by atoms with Crippen molar-refractivity contribution in [3.8, 4) is 11.5 Å². The minimum Gasteiger partial charge on any atom is -0.493 e. The Morgan fingerprint density at radius 2 is 1.95 bits per heavy atom. The fourth-order valence-electron chi connectivity index (χ4n) is 4.93. The average molecular weight is 600 g/mol. The first-order valence-corrected chi connectivity index (χ1v) is 13.5. The van der Waals surface area contributed by atoms with E-state index in [0.29, 0.717) is 45.1 Å². The smallest absolute Gasteiger partial charge is 0.279 e. The van der Waals surface area contributed by atoms with Gasteiger partial charge in [-0.05, 0) is 56.9 Å². The Morgan fingerprint density at radius 3 is 2.63 bits per heavy atom. The van der Waals surface area contributed by atoms with Crippen molar-refractivity contribution in [2.75, 3.05) is 19.5 Å². The molecular weight excluding hydrogens is 574 g/mol. The van der Waals surface area contributed by atoms with Gasteiger partial charge in [-0.25, -0.2) is 4.68 Å². The van der Waals surface area contributed by atoms with Gasteiger partial charge in [-0.2, -0.15) is 5.10 Å². The van der Waals surface area contributed by atoms with Crippen LogP contribution in [0.15, 0.2) is 51.6 Å². The second-order valence-corrected chi connectivity index (χ2v) is 11.6. The first-order valence-electron chi connectivity index (χ1n) is 11.8. The SMILES string of the molecule is COc1cc(C2C3=C(CC(C)(C)CC3=O)Nc3c(C(=O)NNC(=O)c4cccs4)cnn32)cc(Br)c1OC. The Morgan fingerprint density at radius 1 is 1.18 bits per heavy atom. The van der Waals surface area contributed by atoms with Crippen molar-refractivity contribution in [3.63, 3.8) is 0 Å². The van der Waals surface area contributed by atoms with E-state index in [0.717, 1.165) is 11.3 Å². The number of fused-ring (bicyclic) bond motifs is 1. The summed E-state index contributed by atoms with van der Waals surface area (Å²) in [6.07, 6.45) is 2.42. The molecule has 0 radical (unpaired) electrons. The molecular formula is C26H26BrN5O5S. The molecule has 0 bridgehead atoms. The first kappa shape index (κ1) is 26.0. The lowest BCUT2D eigenvalue weighted by atomic mass is 9.73. The van der Waals surface area contributed by atoms with Gasteiger partial charge in [0, 0.05) is 17.7 Å². The minimum absolute atomic E-state index is 0.00928. The fourth-order valence-corrected chi connectivity index (χ4v) is 6.17. The second-order valence-electron chi connectivity index (χ2n) is 9.84. The largest absolute Gasteiger partial charge is 0.493 e. The number of anilines is 1.